The number of urea groups is 1. The highest BCUT2D eigenvalue weighted by Crippen LogP contribution is 2.43. The molecule has 1 aromatic heterocycles. The molecule has 2 amide bonds. The topological polar surface area (TPSA) is 113 Å². The summed E-state index contributed by atoms with van der Waals surface area (Å²) in [5.41, 5.74) is 3.01. The van der Waals surface area contributed by atoms with Gasteiger partial charge in [-0.25, -0.2) is 4.79 Å². The maximum Gasteiger partial charge on any atom is 0.319 e. The van der Waals surface area contributed by atoms with Gasteiger partial charge in [0.25, 0.3) is 0 Å². The summed E-state index contributed by atoms with van der Waals surface area (Å²) in [5.74, 6) is 0.901. The molecule has 0 saturated heterocycles. The zero-order valence-corrected chi connectivity index (χ0v) is 20.8. The van der Waals surface area contributed by atoms with Crippen LogP contribution in [-0.2, 0) is 0 Å². The van der Waals surface area contributed by atoms with Crippen LogP contribution in [0.25, 0.3) is 5.32 Å². The highest BCUT2D eigenvalue weighted by atomic mass is 32.2. The maximum absolute atomic E-state index is 13.2. The first-order valence-electron chi connectivity index (χ1n) is 11.0. The third-order valence-corrected chi connectivity index (χ3v) is 6.37. The van der Waals surface area contributed by atoms with Gasteiger partial charge in [-0.2, -0.15) is 0 Å². The van der Waals surface area contributed by atoms with Crippen LogP contribution >= 0.6 is 11.8 Å². The summed E-state index contributed by atoms with van der Waals surface area (Å²) in [4.78, 5) is 29.8. The largest absolute Gasteiger partial charge is 0.671 e. The van der Waals surface area contributed by atoms with Crippen LogP contribution in [0.4, 0.5) is 10.5 Å². The van der Waals surface area contributed by atoms with E-state index >= 15 is 0 Å². The van der Waals surface area contributed by atoms with E-state index in [2.05, 4.69) is 20.9 Å². The molecule has 2 heterocycles. The van der Waals surface area contributed by atoms with Gasteiger partial charge in [-0.05, 0) is 46.7 Å². The Morgan fingerprint density at radius 1 is 1.00 bits per heavy atom. The third kappa shape index (κ3) is 5.72. The molecule has 2 aromatic carbocycles. The van der Waals surface area contributed by atoms with Crippen molar-refractivity contribution in [2.24, 2.45) is 0 Å². The smallest absolute Gasteiger partial charge is 0.319 e. The highest BCUT2D eigenvalue weighted by Gasteiger charge is 2.18. The molecular formula is C26H25N4O5S-. The summed E-state index contributed by atoms with van der Waals surface area (Å²) >= 11 is 1.57. The minimum atomic E-state index is -0.404. The van der Waals surface area contributed by atoms with Crippen molar-refractivity contribution in [2.75, 3.05) is 33.2 Å². The molecule has 9 nitrogen and oxygen atoms in total. The van der Waals surface area contributed by atoms with Gasteiger partial charge in [0, 0.05) is 35.8 Å². The van der Waals surface area contributed by atoms with E-state index in [-0.39, 0.29) is 17.7 Å². The number of amides is 2. The SMILES string of the molecule is COc1cc(C(=O)c2cccc(NC(=O)NCC3=CSC(c4cccnc4)[N-]3)c2)cc(OC)c1OC. The number of benzene rings is 2. The fraction of sp³-hybridized carbons (Fsp3) is 0.192. The van der Waals surface area contributed by atoms with Crippen LogP contribution in [0.1, 0.15) is 26.9 Å². The summed E-state index contributed by atoms with van der Waals surface area (Å²) in [6.07, 6.45) is 3.50. The van der Waals surface area contributed by atoms with E-state index < -0.39 is 6.03 Å². The number of methoxy groups -OCH3 is 3. The molecule has 10 heteroatoms. The summed E-state index contributed by atoms with van der Waals surface area (Å²) < 4.78 is 16.0. The molecule has 1 aliphatic rings. The Morgan fingerprint density at radius 2 is 1.78 bits per heavy atom. The molecule has 0 fully saturated rings. The molecule has 0 radical (unpaired) electrons. The average Bonchev–Trinajstić information content (AvgIpc) is 3.40. The van der Waals surface area contributed by atoms with Gasteiger partial charge < -0.3 is 30.2 Å². The Kier molecular flexibility index (Phi) is 7.96. The number of pyridine rings is 1. The normalized spacial score (nSPS) is 14.3. The van der Waals surface area contributed by atoms with Gasteiger partial charge in [-0.3, -0.25) is 9.78 Å². The fourth-order valence-corrected chi connectivity index (χ4v) is 4.50. The first-order chi connectivity index (χ1) is 17.5. The maximum atomic E-state index is 13.2. The molecule has 2 N–H and O–H groups in total. The lowest BCUT2D eigenvalue weighted by molar-refractivity contribution is 0.103. The van der Waals surface area contributed by atoms with Gasteiger partial charge in [0.1, 0.15) is 0 Å². The Balaban J connectivity index is 1.37. The fourth-order valence-electron chi connectivity index (χ4n) is 3.58. The second-order valence-corrected chi connectivity index (χ2v) is 8.60. The molecular weight excluding hydrogens is 480 g/mol. The molecule has 1 aliphatic heterocycles. The van der Waals surface area contributed by atoms with Gasteiger partial charge in [0.05, 0.1) is 21.3 Å². The van der Waals surface area contributed by atoms with Gasteiger partial charge >= 0.3 is 6.03 Å². The van der Waals surface area contributed by atoms with E-state index in [1.54, 1.807) is 60.6 Å². The van der Waals surface area contributed by atoms with Crippen LogP contribution in [0.3, 0.4) is 0 Å². The van der Waals surface area contributed by atoms with Crippen molar-refractivity contribution < 1.29 is 23.8 Å². The minimum Gasteiger partial charge on any atom is -0.671 e. The van der Waals surface area contributed by atoms with Crippen molar-refractivity contribution in [1.82, 2.24) is 10.3 Å². The summed E-state index contributed by atoms with van der Waals surface area (Å²) in [6, 6.07) is 13.3. The summed E-state index contributed by atoms with van der Waals surface area (Å²) in [5, 5.41) is 12.0. The lowest BCUT2D eigenvalue weighted by Crippen LogP contribution is -2.30. The number of hydrogen-bond donors (Lipinski definition) is 2. The van der Waals surface area contributed by atoms with E-state index in [0.717, 1.165) is 11.3 Å². The predicted molar refractivity (Wildman–Crippen MR) is 139 cm³/mol. The van der Waals surface area contributed by atoms with E-state index in [1.165, 1.54) is 21.3 Å². The molecule has 0 bridgehead atoms. The molecule has 4 rings (SSSR count). The predicted octanol–water partition coefficient (Wildman–Crippen LogP) is 5.12. The molecule has 0 aliphatic carbocycles. The van der Waals surface area contributed by atoms with Gasteiger partial charge in [-0.15, -0.1) is 17.5 Å². The number of carbonyl (C=O) groups excluding carboxylic acids is 2. The van der Waals surface area contributed by atoms with Gasteiger partial charge in [0.2, 0.25) is 5.75 Å². The van der Waals surface area contributed by atoms with Crippen LogP contribution in [0.2, 0.25) is 0 Å². The van der Waals surface area contributed by atoms with Crippen molar-refractivity contribution in [1.29, 1.82) is 0 Å². The first-order valence-corrected chi connectivity index (χ1v) is 11.9. The lowest BCUT2D eigenvalue weighted by atomic mass is 10.0. The van der Waals surface area contributed by atoms with Crippen molar-refractivity contribution in [2.45, 2.75) is 5.37 Å². The first kappa shape index (κ1) is 24.9. The van der Waals surface area contributed by atoms with E-state index in [0.29, 0.717) is 34.1 Å². The van der Waals surface area contributed by atoms with E-state index in [4.69, 9.17) is 14.2 Å². The van der Waals surface area contributed by atoms with Crippen molar-refractivity contribution in [3.8, 4) is 17.2 Å². The van der Waals surface area contributed by atoms with Gasteiger partial charge in [0.15, 0.2) is 17.3 Å². The number of thioether (sulfide) groups is 1. The number of nitrogens with zero attached hydrogens (tertiary/aromatic N) is 2. The lowest BCUT2D eigenvalue weighted by Gasteiger charge is -2.27. The molecule has 3 aromatic rings. The number of nitrogens with one attached hydrogen (secondary N) is 2. The minimum absolute atomic E-state index is 0.0588. The number of ether oxygens (including phenoxy) is 3. The second kappa shape index (κ2) is 11.5. The van der Waals surface area contributed by atoms with Gasteiger partial charge in [-0.1, -0.05) is 18.2 Å². The number of carbonyl (C=O) groups is 2. The van der Waals surface area contributed by atoms with Crippen LogP contribution in [-0.4, -0.2) is 44.7 Å². The number of ketones is 1. The molecule has 186 valence electrons. The number of rotatable bonds is 9. The Morgan fingerprint density at radius 3 is 2.44 bits per heavy atom. The van der Waals surface area contributed by atoms with Crippen molar-refractivity contribution in [3.63, 3.8) is 0 Å². The van der Waals surface area contributed by atoms with Crippen LogP contribution in [0.5, 0.6) is 17.2 Å². The van der Waals surface area contributed by atoms with Crippen LogP contribution < -0.4 is 24.8 Å². The summed E-state index contributed by atoms with van der Waals surface area (Å²) in [7, 11) is 4.47. The van der Waals surface area contributed by atoms with Crippen molar-refractivity contribution >= 4 is 29.3 Å². The Hall–Kier alpha value is -4.18. The molecule has 1 atom stereocenters. The zero-order valence-electron chi connectivity index (χ0n) is 20.0. The standard InChI is InChI=1S/C26H25N4O5S/c1-33-21-11-18(12-22(34-2)24(21)35-3)23(31)16-6-4-8-19(10-16)30-26(32)28-14-20-15-36-25(29-20)17-7-5-9-27-13-17/h4-13,15,25H,14H2,1-3H3,(H2,28,30,32)/q-1. The second-order valence-electron chi connectivity index (χ2n) is 7.64. The van der Waals surface area contributed by atoms with E-state index in [1.807, 2.05) is 17.5 Å². The molecule has 1 unspecified atom stereocenters. The van der Waals surface area contributed by atoms with Crippen molar-refractivity contribution in [3.05, 3.63) is 94.0 Å². The average molecular weight is 506 g/mol. The zero-order chi connectivity index (χ0) is 25.5. The van der Waals surface area contributed by atoms with Crippen LogP contribution in [0.15, 0.2) is 72.0 Å². The molecule has 36 heavy (non-hydrogen) atoms. The molecule has 0 spiro atoms. The Bertz CT molecular complexity index is 1260. The number of aromatic nitrogens is 1. The third-order valence-electron chi connectivity index (χ3n) is 5.33. The monoisotopic (exact) mass is 505 g/mol. The quantitative estimate of drug-likeness (QED) is 0.388. The summed E-state index contributed by atoms with van der Waals surface area (Å²) in [6.45, 7) is 0.277. The number of anilines is 1. The van der Waals surface area contributed by atoms with E-state index in [9.17, 15) is 9.59 Å². The van der Waals surface area contributed by atoms with Crippen LogP contribution in [0, 0.1) is 0 Å². The number of hydrogen-bond acceptors (Lipinski definition) is 7. The molecule has 0 saturated carbocycles. The highest BCUT2D eigenvalue weighted by molar-refractivity contribution is 8.02. The Labute approximate surface area is 213 Å².